The fourth-order valence-electron chi connectivity index (χ4n) is 2.52. The van der Waals surface area contributed by atoms with Crippen molar-refractivity contribution in [3.05, 3.63) is 53.9 Å². The molecule has 0 fully saturated rings. The van der Waals surface area contributed by atoms with Gasteiger partial charge in [0, 0.05) is 17.6 Å². The highest BCUT2D eigenvalue weighted by atomic mass is 16.5. The van der Waals surface area contributed by atoms with Crippen LogP contribution in [0.3, 0.4) is 0 Å². The van der Waals surface area contributed by atoms with E-state index in [1.165, 1.54) is 0 Å². The number of anilines is 2. The lowest BCUT2D eigenvalue weighted by Gasteiger charge is -2.17. The number of benzene rings is 1. The third-order valence-electron chi connectivity index (χ3n) is 3.74. The Bertz CT molecular complexity index is 928. The Morgan fingerprint density at radius 1 is 1.15 bits per heavy atom. The van der Waals surface area contributed by atoms with Crippen molar-refractivity contribution in [3.8, 4) is 0 Å². The van der Waals surface area contributed by atoms with E-state index in [0.717, 1.165) is 5.39 Å². The lowest BCUT2D eigenvalue weighted by Crippen LogP contribution is -2.15. The van der Waals surface area contributed by atoms with Gasteiger partial charge in [0.1, 0.15) is 11.6 Å². The van der Waals surface area contributed by atoms with Crippen LogP contribution in [0.4, 0.5) is 11.8 Å². The molecule has 3 aromatic rings. The topological polar surface area (TPSA) is 103 Å². The third kappa shape index (κ3) is 3.88. The predicted molar refractivity (Wildman–Crippen MR) is 101 cm³/mol. The highest BCUT2D eigenvalue weighted by Gasteiger charge is 2.18. The minimum atomic E-state index is -0.530. The molecule has 0 aliphatic carbocycles. The van der Waals surface area contributed by atoms with Crippen LogP contribution < -0.4 is 11.1 Å². The maximum absolute atomic E-state index is 12.3. The van der Waals surface area contributed by atoms with Gasteiger partial charge < -0.3 is 15.8 Å². The van der Waals surface area contributed by atoms with Crippen LogP contribution in [0.25, 0.3) is 10.9 Å². The van der Waals surface area contributed by atoms with Gasteiger partial charge in [-0.1, -0.05) is 18.2 Å². The number of nitrogen functional groups attached to an aromatic ring is 1. The number of carbonyl (C=O) groups is 1. The van der Waals surface area contributed by atoms with E-state index in [2.05, 4.69) is 20.3 Å². The number of pyridine rings is 1. The summed E-state index contributed by atoms with van der Waals surface area (Å²) in [5.74, 6) is 0.374. The van der Waals surface area contributed by atoms with Crippen LogP contribution in [-0.2, 0) is 4.74 Å². The second kappa shape index (κ2) is 7.35. The van der Waals surface area contributed by atoms with E-state index in [1.54, 1.807) is 37.4 Å². The first-order chi connectivity index (χ1) is 12.4. The molecule has 7 heteroatoms. The summed E-state index contributed by atoms with van der Waals surface area (Å²) in [4.78, 5) is 25.2. The summed E-state index contributed by atoms with van der Waals surface area (Å²) in [5.41, 5.74) is 7.45. The van der Waals surface area contributed by atoms with E-state index in [0.29, 0.717) is 22.6 Å². The molecule has 2 aromatic heterocycles. The van der Waals surface area contributed by atoms with Crippen molar-refractivity contribution in [1.82, 2.24) is 15.0 Å². The molecule has 7 nitrogen and oxygen atoms in total. The van der Waals surface area contributed by atoms with Crippen LogP contribution in [0.2, 0.25) is 0 Å². The predicted octanol–water partition coefficient (Wildman–Crippen LogP) is 3.35. The molecule has 134 valence electrons. The van der Waals surface area contributed by atoms with Gasteiger partial charge in [-0.3, -0.25) is 0 Å². The number of rotatable bonds is 5. The Hall–Kier alpha value is -3.22. The van der Waals surface area contributed by atoms with Gasteiger partial charge in [0.05, 0.1) is 11.3 Å². The van der Waals surface area contributed by atoms with Crippen LogP contribution >= 0.6 is 0 Å². The number of nitrogens with two attached hydrogens (primary N) is 1. The minimum absolute atomic E-state index is 0.152. The molecule has 0 aliphatic heterocycles. The maximum Gasteiger partial charge on any atom is 0.338 e. The molecule has 1 aromatic carbocycles. The fraction of sp³-hybridized carbons (Fsp3) is 0.263. The van der Waals surface area contributed by atoms with Crippen molar-refractivity contribution >= 4 is 28.6 Å². The zero-order chi connectivity index (χ0) is 18.7. The smallest absolute Gasteiger partial charge is 0.338 e. The summed E-state index contributed by atoms with van der Waals surface area (Å²) in [5, 5.41) is 4.03. The van der Waals surface area contributed by atoms with Gasteiger partial charge in [-0.15, -0.1) is 0 Å². The quantitative estimate of drug-likeness (QED) is 0.679. The Labute approximate surface area is 151 Å². The molecule has 0 amide bonds. The number of aromatic nitrogens is 3. The molecule has 1 unspecified atom stereocenters. The summed E-state index contributed by atoms with van der Waals surface area (Å²) in [6.07, 6.45) is 1.11. The number of nitrogens with one attached hydrogen (secondary N) is 1. The fourth-order valence-corrected chi connectivity index (χ4v) is 2.52. The lowest BCUT2D eigenvalue weighted by atomic mass is 10.1. The van der Waals surface area contributed by atoms with E-state index >= 15 is 0 Å². The third-order valence-corrected chi connectivity index (χ3v) is 3.74. The largest absolute Gasteiger partial charge is 0.453 e. The van der Waals surface area contributed by atoms with Gasteiger partial charge in [-0.05, 0) is 39.0 Å². The Balaban J connectivity index is 1.93. The Morgan fingerprint density at radius 2 is 1.88 bits per heavy atom. The average Bonchev–Trinajstić information content (AvgIpc) is 2.62. The highest BCUT2D eigenvalue weighted by molar-refractivity contribution is 5.90. The van der Waals surface area contributed by atoms with Crippen molar-refractivity contribution < 1.29 is 9.53 Å². The van der Waals surface area contributed by atoms with Gasteiger partial charge in [-0.25, -0.2) is 19.7 Å². The standard InChI is InChI=1S/C19H21N5O2/c1-11(2)22-17-16-14(10-21-19(20)24-16)9-15(23-17)12(3)26-18(25)13-7-5-4-6-8-13/h4-12H,1-3H3,(H,22,23)(H2,20,21,24). The second-order valence-corrected chi connectivity index (χ2v) is 6.27. The van der Waals surface area contributed by atoms with E-state index in [4.69, 9.17) is 10.5 Å². The molecular formula is C19H21N5O2. The Kier molecular flexibility index (Phi) is 4.97. The molecule has 3 rings (SSSR count). The maximum atomic E-state index is 12.3. The van der Waals surface area contributed by atoms with Crippen LogP contribution in [-0.4, -0.2) is 27.0 Å². The molecule has 0 aliphatic rings. The number of carbonyl (C=O) groups excluding carboxylic acids is 1. The van der Waals surface area contributed by atoms with Crippen molar-refractivity contribution in [2.45, 2.75) is 32.9 Å². The molecular weight excluding hydrogens is 330 g/mol. The van der Waals surface area contributed by atoms with Crippen molar-refractivity contribution in [3.63, 3.8) is 0 Å². The van der Waals surface area contributed by atoms with E-state index in [1.807, 2.05) is 26.0 Å². The second-order valence-electron chi connectivity index (χ2n) is 6.27. The zero-order valence-corrected chi connectivity index (χ0v) is 14.9. The van der Waals surface area contributed by atoms with Gasteiger partial charge in [0.2, 0.25) is 5.95 Å². The number of nitrogens with zero attached hydrogens (tertiary/aromatic N) is 3. The summed E-state index contributed by atoms with van der Waals surface area (Å²) in [6.45, 7) is 5.79. The minimum Gasteiger partial charge on any atom is -0.453 e. The van der Waals surface area contributed by atoms with E-state index in [9.17, 15) is 4.79 Å². The average molecular weight is 351 g/mol. The molecule has 0 saturated carbocycles. The van der Waals surface area contributed by atoms with Crippen LogP contribution in [0.5, 0.6) is 0 Å². The van der Waals surface area contributed by atoms with Crippen molar-refractivity contribution in [2.24, 2.45) is 0 Å². The van der Waals surface area contributed by atoms with Crippen molar-refractivity contribution in [2.75, 3.05) is 11.1 Å². The molecule has 1 atom stereocenters. The molecule has 0 radical (unpaired) electrons. The summed E-state index contributed by atoms with van der Waals surface area (Å²) in [6, 6.07) is 10.8. The van der Waals surface area contributed by atoms with Gasteiger partial charge in [0.15, 0.2) is 5.82 Å². The van der Waals surface area contributed by atoms with Crippen LogP contribution in [0.1, 0.15) is 42.9 Å². The number of hydrogen-bond donors (Lipinski definition) is 2. The zero-order valence-electron chi connectivity index (χ0n) is 14.9. The van der Waals surface area contributed by atoms with Crippen LogP contribution in [0, 0.1) is 0 Å². The van der Waals surface area contributed by atoms with Crippen molar-refractivity contribution in [1.29, 1.82) is 0 Å². The molecule has 3 N–H and O–H groups in total. The molecule has 26 heavy (non-hydrogen) atoms. The molecule has 2 heterocycles. The summed E-state index contributed by atoms with van der Waals surface area (Å²) in [7, 11) is 0. The lowest BCUT2D eigenvalue weighted by molar-refractivity contribution is 0.0330. The SMILES string of the molecule is CC(C)Nc1nc(C(C)OC(=O)c2ccccc2)cc2cnc(N)nc12. The number of ether oxygens (including phenoxy) is 1. The number of hydrogen-bond acceptors (Lipinski definition) is 7. The van der Waals surface area contributed by atoms with Gasteiger partial charge in [-0.2, -0.15) is 0 Å². The first kappa shape index (κ1) is 17.6. The first-order valence-electron chi connectivity index (χ1n) is 8.39. The van der Waals surface area contributed by atoms with Gasteiger partial charge >= 0.3 is 5.97 Å². The van der Waals surface area contributed by atoms with E-state index < -0.39 is 12.1 Å². The number of fused-ring (bicyclic) bond motifs is 1. The number of esters is 1. The van der Waals surface area contributed by atoms with Gasteiger partial charge in [0.25, 0.3) is 0 Å². The summed E-state index contributed by atoms with van der Waals surface area (Å²) < 4.78 is 5.56. The summed E-state index contributed by atoms with van der Waals surface area (Å²) >= 11 is 0. The molecule has 0 saturated heterocycles. The molecule has 0 bridgehead atoms. The monoisotopic (exact) mass is 351 g/mol. The normalized spacial score (nSPS) is 12.2. The highest BCUT2D eigenvalue weighted by Crippen LogP contribution is 2.26. The first-order valence-corrected chi connectivity index (χ1v) is 8.39. The Morgan fingerprint density at radius 3 is 2.58 bits per heavy atom. The van der Waals surface area contributed by atoms with E-state index in [-0.39, 0.29) is 12.0 Å². The molecule has 0 spiro atoms. The van der Waals surface area contributed by atoms with Crippen LogP contribution in [0.15, 0.2) is 42.6 Å².